The number of benzene rings is 2. The summed E-state index contributed by atoms with van der Waals surface area (Å²) in [7, 11) is -1.85. The molecule has 34 heavy (non-hydrogen) atoms. The Morgan fingerprint density at radius 2 is 1.59 bits per heavy atom. The molecule has 0 saturated carbocycles. The minimum atomic E-state index is -5.61. The minimum absolute atomic E-state index is 0. The number of hydrogen-bond donors (Lipinski definition) is 2. The molecule has 15 heteroatoms. The molecule has 1 heterocycles. The first-order valence-corrected chi connectivity index (χ1v) is 10.6. The Kier molecular flexibility index (Phi) is 8.47. The van der Waals surface area contributed by atoms with Gasteiger partial charge in [0.2, 0.25) is 0 Å². The molecule has 0 fully saturated rings. The Balaban J connectivity index is 0.00000408. The van der Waals surface area contributed by atoms with Gasteiger partial charge in [-0.3, -0.25) is 0 Å². The third kappa shape index (κ3) is 5.75. The van der Waals surface area contributed by atoms with Gasteiger partial charge in [0.15, 0.2) is 11.5 Å². The number of anilines is 1. The lowest BCUT2D eigenvalue weighted by Crippen LogP contribution is -2.52. The van der Waals surface area contributed by atoms with Crippen molar-refractivity contribution in [3.05, 3.63) is 48.8 Å². The van der Waals surface area contributed by atoms with Crippen molar-refractivity contribution < 1.29 is 40.3 Å². The molecular formula is C19H19ClF4N4O5S. The molecule has 2 N–H and O–H groups in total. The number of alkyl halides is 4. The number of rotatable bonds is 9. The van der Waals surface area contributed by atoms with Crippen molar-refractivity contribution in [1.82, 2.24) is 14.9 Å². The van der Waals surface area contributed by atoms with Gasteiger partial charge in [0.25, 0.3) is 10.0 Å². The number of nitrogens with zero attached hydrogens (tertiary/aromatic N) is 2. The number of nitrogens with one attached hydrogen (secondary N) is 2. The first-order valence-electron chi connectivity index (χ1n) is 9.12. The van der Waals surface area contributed by atoms with Gasteiger partial charge in [0.1, 0.15) is 12.1 Å². The molecule has 0 bridgehead atoms. The SMILES string of the molecule is COc1cc2ncnc(NCC(F)(ONS(=O)(=O)c3ccccc3)C(F)(F)F)c2cc1OC.Cl. The standard InChI is InChI=1S/C19H18F4N4O5S.ClH/c1-30-15-8-13-14(9-16(15)31-2)25-11-26-17(13)24-10-18(20,19(21,22)23)32-27-33(28,29)12-6-4-3-5-7-12;/h3-9,11,27H,10H2,1-2H3,(H,24,25,26);1H. The van der Waals surface area contributed by atoms with Crippen molar-refractivity contribution in [1.29, 1.82) is 0 Å². The van der Waals surface area contributed by atoms with Crippen molar-refractivity contribution >= 4 is 39.2 Å². The van der Waals surface area contributed by atoms with Gasteiger partial charge >= 0.3 is 12.0 Å². The molecular weight excluding hydrogens is 508 g/mol. The van der Waals surface area contributed by atoms with Gasteiger partial charge in [-0.25, -0.2) is 23.2 Å². The third-order valence-electron chi connectivity index (χ3n) is 4.41. The normalized spacial score (nSPS) is 13.6. The van der Waals surface area contributed by atoms with E-state index in [1.807, 2.05) is 0 Å². The zero-order chi connectivity index (χ0) is 24.3. The molecule has 0 saturated heterocycles. The van der Waals surface area contributed by atoms with Crippen LogP contribution in [0.25, 0.3) is 10.9 Å². The van der Waals surface area contributed by atoms with Crippen LogP contribution in [0.3, 0.4) is 0 Å². The number of methoxy groups -OCH3 is 2. The molecule has 1 aromatic heterocycles. The molecule has 0 aliphatic rings. The average Bonchev–Trinajstić information content (AvgIpc) is 2.80. The van der Waals surface area contributed by atoms with Crippen LogP contribution in [0.1, 0.15) is 0 Å². The summed E-state index contributed by atoms with van der Waals surface area (Å²) in [4.78, 5) is 12.7. The molecule has 1 unspecified atom stereocenters. The lowest BCUT2D eigenvalue weighted by molar-refractivity contribution is -0.335. The topological polar surface area (TPSA) is 112 Å². The van der Waals surface area contributed by atoms with E-state index in [-0.39, 0.29) is 34.9 Å². The first-order chi connectivity index (χ1) is 15.5. The van der Waals surface area contributed by atoms with Crippen molar-refractivity contribution in [2.45, 2.75) is 16.9 Å². The summed E-state index contributed by atoms with van der Waals surface area (Å²) >= 11 is 0. The highest BCUT2D eigenvalue weighted by Crippen LogP contribution is 2.37. The number of sulfonamides is 1. The van der Waals surface area contributed by atoms with E-state index in [0.717, 1.165) is 18.5 Å². The van der Waals surface area contributed by atoms with E-state index in [4.69, 9.17) is 9.47 Å². The Morgan fingerprint density at radius 3 is 2.18 bits per heavy atom. The van der Waals surface area contributed by atoms with Gasteiger partial charge in [-0.05, 0) is 18.2 Å². The highest BCUT2D eigenvalue weighted by atomic mass is 35.5. The number of hydrogen-bond acceptors (Lipinski definition) is 8. The van der Waals surface area contributed by atoms with Crippen LogP contribution in [0.15, 0.2) is 53.7 Å². The number of ether oxygens (including phenoxy) is 2. The van der Waals surface area contributed by atoms with Crippen LogP contribution in [-0.4, -0.2) is 51.2 Å². The van der Waals surface area contributed by atoms with Gasteiger partial charge in [-0.15, -0.1) is 12.4 Å². The highest BCUT2D eigenvalue weighted by Gasteiger charge is 2.59. The van der Waals surface area contributed by atoms with Gasteiger partial charge in [0.05, 0.1) is 31.2 Å². The molecule has 186 valence electrons. The van der Waals surface area contributed by atoms with E-state index in [1.54, 1.807) is 0 Å². The Bertz CT molecular complexity index is 1230. The molecule has 0 radical (unpaired) electrons. The van der Waals surface area contributed by atoms with Crippen molar-refractivity contribution in [2.75, 3.05) is 26.1 Å². The number of halogens is 5. The fourth-order valence-electron chi connectivity index (χ4n) is 2.68. The van der Waals surface area contributed by atoms with Crippen LogP contribution >= 0.6 is 12.4 Å². The predicted molar refractivity (Wildman–Crippen MR) is 116 cm³/mol. The summed E-state index contributed by atoms with van der Waals surface area (Å²) in [6.45, 7) is -1.53. The zero-order valence-corrected chi connectivity index (χ0v) is 19.2. The summed E-state index contributed by atoms with van der Waals surface area (Å²) in [6.07, 6.45) is -4.56. The van der Waals surface area contributed by atoms with Gasteiger partial charge in [-0.2, -0.15) is 17.6 Å². The summed E-state index contributed by atoms with van der Waals surface area (Å²) in [5, 5.41) is 2.40. The zero-order valence-electron chi connectivity index (χ0n) is 17.6. The van der Waals surface area contributed by atoms with Crippen molar-refractivity contribution in [3.8, 4) is 11.5 Å². The van der Waals surface area contributed by atoms with E-state index < -0.39 is 33.5 Å². The smallest absolute Gasteiger partial charge is 0.451 e. The second kappa shape index (κ2) is 10.5. The van der Waals surface area contributed by atoms with Crippen molar-refractivity contribution in [3.63, 3.8) is 0 Å². The monoisotopic (exact) mass is 526 g/mol. The summed E-state index contributed by atoms with van der Waals surface area (Å²) in [5.74, 6) is -4.08. The van der Waals surface area contributed by atoms with Crippen molar-refractivity contribution in [2.24, 2.45) is 0 Å². The van der Waals surface area contributed by atoms with Gasteiger partial charge in [-0.1, -0.05) is 23.1 Å². The van der Waals surface area contributed by atoms with Crippen LogP contribution in [0.5, 0.6) is 11.5 Å². The number of aromatic nitrogens is 2. The van der Waals surface area contributed by atoms with Gasteiger partial charge in [0, 0.05) is 11.5 Å². The fourth-order valence-corrected chi connectivity index (χ4v) is 3.54. The quantitative estimate of drug-likeness (QED) is 0.321. The first kappa shape index (κ1) is 27.3. The van der Waals surface area contributed by atoms with Crippen LogP contribution in [0.2, 0.25) is 0 Å². The maximum atomic E-state index is 14.9. The van der Waals surface area contributed by atoms with Crippen LogP contribution in [-0.2, 0) is 14.9 Å². The molecule has 3 rings (SSSR count). The number of fused-ring (bicyclic) bond motifs is 1. The van der Waals surface area contributed by atoms with Crippen LogP contribution in [0, 0.1) is 0 Å². The average molecular weight is 527 g/mol. The molecule has 3 aromatic rings. The Hall–Kier alpha value is -2.94. The Morgan fingerprint density at radius 1 is 0.971 bits per heavy atom. The van der Waals surface area contributed by atoms with Gasteiger partial charge < -0.3 is 14.8 Å². The molecule has 0 aliphatic heterocycles. The highest BCUT2D eigenvalue weighted by molar-refractivity contribution is 7.89. The largest absolute Gasteiger partial charge is 0.493 e. The molecule has 1 atom stereocenters. The lowest BCUT2D eigenvalue weighted by Gasteiger charge is -2.27. The van der Waals surface area contributed by atoms with E-state index in [2.05, 4.69) is 20.1 Å². The summed E-state index contributed by atoms with van der Waals surface area (Å²) in [5.41, 5.74) is 0.271. The van der Waals surface area contributed by atoms with E-state index in [1.165, 1.54) is 49.4 Å². The summed E-state index contributed by atoms with van der Waals surface area (Å²) in [6, 6.07) is 9.23. The molecule has 9 nitrogen and oxygen atoms in total. The minimum Gasteiger partial charge on any atom is -0.493 e. The third-order valence-corrected chi connectivity index (χ3v) is 5.61. The maximum absolute atomic E-state index is 14.9. The second-order valence-corrected chi connectivity index (χ2v) is 8.17. The lowest BCUT2D eigenvalue weighted by atomic mass is 10.2. The van der Waals surface area contributed by atoms with E-state index >= 15 is 0 Å². The summed E-state index contributed by atoms with van der Waals surface area (Å²) < 4.78 is 89.9. The van der Waals surface area contributed by atoms with Crippen LogP contribution < -0.4 is 19.7 Å². The molecule has 0 aliphatic carbocycles. The van der Waals surface area contributed by atoms with E-state index in [9.17, 15) is 26.0 Å². The Labute approximate surface area is 197 Å². The second-order valence-electron chi connectivity index (χ2n) is 6.53. The van der Waals surface area contributed by atoms with E-state index in [0.29, 0.717) is 5.75 Å². The maximum Gasteiger partial charge on any atom is 0.451 e. The fraction of sp³-hybridized carbons (Fsp3) is 0.263. The molecule has 0 spiro atoms. The molecule has 2 aromatic carbocycles. The predicted octanol–water partition coefficient (Wildman–Crippen LogP) is 3.62. The van der Waals surface area contributed by atoms with Crippen LogP contribution in [0.4, 0.5) is 23.4 Å². The molecule has 0 amide bonds.